The summed E-state index contributed by atoms with van der Waals surface area (Å²) in [5, 5.41) is 8.59. The van der Waals surface area contributed by atoms with Gasteiger partial charge < -0.3 is 5.11 Å². The number of nitrogens with zero attached hydrogens (tertiary/aromatic N) is 2. The third-order valence-corrected chi connectivity index (χ3v) is 4.67. The summed E-state index contributed by atoms with van der Waals surface area (Å²) < 4.78 is 39.0. The number of pyridine rings is 1. The average molecular weight is 304 g/mol. The first-order valence-electron chi connectivity index (χ1n) is 6.09. The molecule has 8 heteroatoms. The van der Waals surface area contributed by atoms with Crippen molar-refractivity contribution in [3.8, 4) is 0 Å². The van der Waals surface area contributed by atoms with Gasteiger partial charge in [0.1, 0.15) is 10.7 Å². The zero-order chi connectivity index (χ0) is 15.3. The molecular weight excluding hydrogens is 287 g/mol. The maximum absolute atomic E-state index is 13.1. The number of halogens is 1. The Morgan fingerprint density at radius 1 is 1.45 bits per heavy atom. The maximum atomic E-state index is 13.1. The van der Waals surface area contributed by atoms with Crippen LogP contribution in [0.15, 0.2) is 23.4 Å². The molecule has 0 aromatic carbocycles. The number of carbonyl (C=O) groups is 1. The van der Waals surface area contributed by atoms with Crippen molar-refractivity contribution in [2.45, 2.75) is 37.6 Å². The Balaban J connectivity index is 2.97. The molecular formula is C12H17FN2O4S. The SMILES string of the molecule is CC(C)N(CCCC(=O)O)S(=O)(=O)c1cncc(F)c1. The summed E-state index contributed by atoms with van der Waals surface area (Å²) in [6.07, 6.45) is 2.06. The van der Waals surface area contributed by atoms with E-state index in [0.29, 0.717) is 0 Å². The Bertz CT molecular complexity index is 575. The second-order valence-corrected chi connectivity index (χ2v) is 6.44. The molecule has 0 saturated heterocycles. The van der Waals surface area contributed by atoms with Gasteiger partial charge in [-0.1, -0.05) is 0 Å². The standard InChI is InChI=1S/C12H17FN2O4S/c1-9(2)15(5-3-4-12(16)17)20(18,19)11-6-10(13)7-14-8-11/h6-9H,3-5H2,1-2H3,(H,16,17). The van der Waals surface area contributed by atoms with E-state index in [1.807, 2.05) is 0 Å². The normalized spacial score (nSPS) is 12.1. The van der Waals surface area contributed by atoms with Gasteiger partial charge in [0.05, 0.1) is 6.20 Å². The minimum absolute atomic E-state index is 0.0583. The Kier molecular flexibility index (Phi) is 5.58. The topological polar surface area (TPSA) is 87.6 Å². The van der Waals surface area contributed by atoms with Gasteiger partial charge in [0, 0.05) is 25.2 Å². The van der Waals surface area contributed by atoms with Gasteiger partial charge >= 0.3 is 5.97 Å². The van der Waals surface area contributed by atoms with Gasteiger partial charge in [-0.15, -0.1) is 0 Å². The van der Waals surface area contributed by atoms with Crippen molar-refractivity contribution in [1.82, 2.24) is 9.29 Å². The zero-order valence-corrected chi connectivity index (χ0v) is 12.1. The number of aliphatic carboxylic acids is 1. The molecule has 0 unspecified atom stereocenters. The van der Waals surface area contributed by atoms with Crippen LogP contribution >= 0.6 is 0 Å². The summed E-state index contributed by atoms with van der Waals surface area (Å²) in [6.45, 7) is 3.40. The van der Waals surface area contributed by atoms with Crippen LogP contribution in [0.4, 0.5) is 4.39 Å². The predicted octanol–water partition coefficient (Wildman–Crippen LogP) is 1.48. The summed E-state index contributed by atoms with van der Waals surface area (Å²) in [4.78, 5) is 13.8. The highest BCUT2D eigenvalue weighted by molar-refractivity contribution is 7.89. The van der Waals surface area contributed by atoms with E-state index >= 15 is 0 Å². The Hall–Kier alpha value is -1.54. The van der Waals surface area contributed by atoms with E-state index in [2.05, 4.69) is 4.98 Å². The van der Waals surface area contributed by atoms with Crippen LogP contribution in [0, 0.1) is 5.82 Å². The first kappa shape index (κ1) is 16.5. The lowest BCUT2D eigenvalue weighted by atomic mass is 10.3. The molecule has 0 fully saturated rings. The number of sulfonamides is 1. The number of carboxylic acids is 1. The molecule has 0 amide bonds. The molecule has 1 rings (SSSR count). The van der Waals surface area contributed by atoms with E-state index in [9.17, 15) is 17.6 Å². The quantitative estimate of drug-likeness (QED) is 0.824. The fourth-order valence-electron chi connectivity index (χ4n) is 1.71. The molecule has 0 atom stereocenters. The van der Waals surface area contributed by atoms with Gasteiger partial charge in [-0.3, -0.25) is 9.78 Å². The first-order chi connectivity index (χ1) is 9.25. The van der Waals surface area contributed by atoms with Crippen molar-refractivity contribution in [3.05, 3.63) is 24.3 Å². The Labute approximate surface area is 117 Å². The summed E-state index contributed by atoms with van der Waals surface area (Å²) in [5.41, 5.74) is 0. The largest absolute Gasteiger partial charge is 0.481 e. The molecule has 0 radical (unpaired) electrons. The third-order valence-electron chi connectivity index (χ3n) is 2.63. The van der Waals surface area contributed by atoms with E-state index in [1.54, 1.807) is 13.8 Å². The van der Waals surface area contributed by atoms with E-state index in [0.717, 1.165) is 22.8 Å². The Morgan fingerprint density at radius 2 is 2.10 bits per heavy atom. The van der Waals surface area contributed by atoms with Gasteiger partial charge in [0.15, 0.2) is 0 Å². The van der Waals surface area contributed by atoms with Gasteiger partial charge in [0.2, 0.25) is 10.0 Å². The van der Waals surface area contributed by atoms with Gasteiger partial charge in [-0.25, -0.2) is 12.8 Å². The molecule has 0 aliphatic heterocycles. The van der Waals surface area contributed by atoms with Crippen molar-refractivity contribution in [2.75, 3.05) is 6.54 Å². The van der Waals surface area contributed by atoms with Crippen LogP contribution in [0.3, 0.4) is 0 Å². The summed E-state index contributed by atoms with van der Waals surface area (Å²) >= 11 is 0. The van der Waals surface area contributed by atoms with Crippen molar-refractivity contribution in [2.24, 2.45) is 0 Å². The molecule has 0 saturated carbocycles. The van der Waals surface area contributed by atoms with Crippen molar-refractivity contribution >= 4 is 16.0 Å². The lowest BCUT2D eigenvalue weighted by Crippen LogP contribution is -2.38. The van der Waals surface area contributed by atoms with Crippen molar-refractivity contribution < 1.29 is 22.7 Å². The van der Waals surface area contributed by atoms with E-state index < -0.39 is 21.8 Å². The van der Waals surface area contributed by atoms with Crippen LogP contribution in [0.25, 0.3) is 0 Å². The fraction of sp³-hybridized carbons (Fsp3) is 0.500. The second kappa shape index (κ2) is 6.76. The predicted molar refractivity (Wildman–Crippen MR) is 70.1 cm³/mol. The molecule has 1 heterocycles. The lowest BCUT2D eigenvalue weighted by Gasteiger charge is -2.25. The van der Waals surface area contributed by atoms with Crippen LogP contribution in [-0.4, -0.2) is 41.4 Å². The van der Waals surface area contributed by atoms with E-state index in [4.69, 9.17) is 5.11 Å². The molecule has 0 spiro atoms. The van der Waals surface area contributed by atoms with Crippen LogP contribution in [-0.2, 0) is 14.8 Å². The molecule has 1 aromatic rings. The first-order valence-corrected chi connectivity index (χ1v) is 7.53. The number of hydrogen-bond donors (Lipinski definition) is 1. The maximum Gasteiger partial charge on any atom is 0.303 e. The highest BCUT2D eigenvalue weighted by Gasteiger charge is 2.27. The lowest BCUT2D eigenvalue weighted by molar-refractivity contribution is -0.137. The minimum atomic E-state index is -3.88. The molecule has 6 nitrogen and oxygen atoms in total. The molecule has 1 N–H and O–H groups in total. The minimum Gasteiger partial charge on any atom is -0.481 e. The monoisotopic (exact) mass is 304 g/mol. The van der Waals surface area contributed by atoms with Gasteiger partial charge in [0.25, 0.3) is 0 Å². The van der Waals surface area contributed by atoms with Crippen LogP contribution < -0.4 is 0 Å². The average Bonchev–Trinajstić information content (AvgIpc) is 2.33. The summed E-state index contributed by atoms with van der Waals surface area (Å²) in [7, 11) is -3.88. The van der Waals surface area contributed by atoms with Crippen LogP contribution in [0.5, 0.6) is 0 Å². The fourth-order valence-corrected chi connectivity index (χ4v) is 3.36. The molecule has 1 aromatic heterocycles. The molecule has 20 heavy (non-hydrogen) atoms. The molecule has 0 bridgehead atoms. The van der Waals surface area contributed by atoms with Crippen LogP contribution in [0.1, 0.15) is 26.7 Å². The molecule has 112 valence electrons. The van der Waals surface area contributed by atoms with Gasteiger partial charge in [-0.05, 0) is 26.3 Å². The second-order valence-electron chi connectivity index (χ2n) is 4.55. The van der Waals surface area contributed by atoms with E-state index in [-0.39, 0.29) is 30.3 Å². The molecule has 0 aliphatic carbocycles. The smallest absolute Gasteiger partial charge is 0.303 e. The number of carboxylic acid groups (broad SMARTS) is 1. The van der Waals surface area contributed by atoms with Gasteiger partial charge in [-0.2, -0.15) is 4.31 Å². The van der Waals surface area contributed by atoms with Crippen LogP contribution in [0.2, 0.25) is 0 Å². The molecule has 0 aliphatic rings. The highest BCUT2D eigenvalue weighted by atomic mass is 32.2. The zero-order valence-electron chi connectivity index (χ0n) is 11.3. The number of rotatable bonds is 7. The summed E-state index contributed by atoms with van der Waals surface area (Å²) in [6, 6.07) is 0.534. The third kappa shape index (κ3) is 4.24. The number of hydrogen-bond acceptors (Lipinski definition) is 4. The number of aromatic nitrogens is 1. The highest BCUT2D eigenvalue weighted by Crippen LogP contribution is 2.18. The summed E-state index contributed by atoms with van der Waals surface area (Å²) in [5.74, 6) is -1.72. The van der Waals surface area contributed by atoms with Crippen molar-refractivity contribution in [1.29, 1.82) is 0 Å². The Morgan fingerprint density at radius 3 is 2.60 bits per heavy atom. The van der Waals surface area contributed by atoms with E-state index in [1.165, 1.54) is 0 Å². The van der Waals surface area contributed by atoms with Crippen molar-refractivity contribution in [3.63, 3.8) is 0 Å².